The molecule has 0 aromatic carbocycles. The summed E-state index contributed by atoms with van der Waals surface area (Å²) in [5, 5.41) is 14.5. The molecule has 0 bridgehead atoms. The number of aromatic nitrogens is 2. The summed E-state index contributed by atoms with van der Waals surface area (Å²) >= 11 is 1.44. The molecule has 3 N–H and O–H groups in total. The number of nitrogens with two attached hydrogens (primary N) is 1. The molecular weight excluding hydrogens is 234 g/mol. The summed E-state index contributed by atoms with van der Waals surface area (Å²) < 4.78 is 25.6. The molecule has 0 atom stereocenters. The molecular formula is C9H8F2N4S. The van der Waals surface area contributed by atoms with Crippen molar-refractivity contribution in [2.45, 2.75) is 6.55 Å². The lowest BCUT2D eigenvalue weighted by atomic mass is 10.2. The first-order valence-corrected chi connectivity index (χ1v) is 5.28. The molecule has 16 heavy (non-hydrogen) atoms. The van der Waals surface area contributed by atoms with Crippen molar-refractivity contribution in [1.82, 2.24) is 9.78 Å². The van der Waals surface area contributed by atoms with E-state index in [1.807, 2.05) is 5.38 Å². The molecule has 0 aliphatic carbocycles. The van der Waals surface area contributed by atoms with Crippen LogP contribution in [0.15, 0.2) is 22.9 Å². The fraction of sp³-hybridized carbons (Fsp3) is 0.111. The Kier molecular flexibility index (Phi) is 2.69. The molecule has 84 valence electrons. The van der Waals surface area contributed by atoms with Gasteiger partial charge in [0.15, 0.2) is 0 Å². The fourth-order valence-electron chi connectivity index (χ4n) is 1.30. The predicted molar refractivity (Wildman–Crippen MR) is 57.8 cm³/mol. The molecule has 2 aromatic rings. The summed E-state index contributed by atoms with van der Waals surface area (Å²) in [6.07, 6.45) is 0. The molecule has 0 amide bonds. The lowest BCUT2D eigenvalue weighted by Gasteiger charge is -2.02. The van der Waals surface area contributed by atoms with Gasteiger partial charge < -0.3 is 5.73 Å². The van der Waals surface area contributed by atoms with Gasteiger partial charge >= 0.3 is 6.55 Å². The van der Waals surface area contributed by atoms with E-state index in [1.165, 1.54) is 17.4 Å². The minimum Gasteiger partial charge on any atom is -0.382 e. The number of halogens is 2. The number of nitrogens with one attached hydrogen (secondary N) is 1. The van der Waals surface area contributed by atoms with Gasteiger partial charge in [-0.3, -0.25) is 5.41 Å². The van der Waals surface area contributed by atoms with E-state index in [2.05, 4.69) is 5.10 Å². The molecule has 0 aliphatic rings. The van der Waals surface area contributed by atoms with E-state index in [0.29, 0.717) is 10.4 Å². The first-order chi connectivity index (χ1) is 7.59. The average molecular weight is 242 g/mol. The third-order valence-electron chi connectivity index (χ3n) is 2.01. The minimum atomic E-state index is -2.80. The Morgan fingerprint density at radius 3 is 2.75 bits per heavy atom. The summed E-state index contributed by atoms with van der Waals surface area (Å²) in [6, 6.07) is 3.16. The monoisotopic (exact) mass is 242 g/mol. The van der Waals surface area contributed by atoms with Gasteiger partial charge in [-0.2, -0.15) is 29.9 Å². The van der Waals surface area contributed by atoms with E-state index in [0.717, 1.165) is 5.56 Å². The number of nitrogens with zero attached hydrogens (tertiary/aromatic N) is 2. The van der Waals surface area contributed by atoms with Gasteiger partial charge in [0.1, 0.15) is 11.5 Å². The lowest BCUT2D eigenvalue weighted by Crippen LogP contribution is -2.18. The van der Waals surface area contributed by atoms with Crippen LogP contribution in [0.2, 0.25) is 0 Å². The van der Waals surface area contributed by atoms with Crippen LogP contribution >= 0.6 is 11.3 Å². The van der Waals surface area contributed by atoms with Gasteiger partial charge in [0.25, 0.3) is 0 Å². The summed E-state index contributed by atoms with van der Waals surface area (Å²) in [4.78, 5) is 0. The van der Waals surface area contributed by atoms with Crippen molar-refractivity contribution in [3.8, 4) is 11.3 Å². The molecule has 2 aromatic heterocycles. The van der Waals surface area contributed by atoms with E-state index in [9.17, 15) is 8.78 Å². The van der Waals surface area contributed by atoms with Gasteiger partial charge in [-0.25, -0.2) is 0 Å². The van der Waals surface area contributed by atoms with E-state index >= 15 is 0 Å². The van der Waals surface area contributed by atoms with Crippen LogP contribution in [0.4, 0.5) is 8.78 Å². The van der Waals surface area contributed by atoms with E-state index in [1.54, 1.807) is 11.4 Å². The topological polar surface area (TPSA) is 67.7 Å². The average Bonchev–Trinajstić information content (AvgIpc) is 2.86. The second-order valence-corrected chi connectivity index (χ2v) is 3.84. The highest BCUT2D eigenvalue weighted by Gasteiger charge is 2.17. The second-order valence-electron chi connectivity index (χ2n) is 3.06. The predicted octanol–water partition coefficient (Wildman–Crippen LogP) is 2.29. The Hall–Kier alpha value is -1.76. The summed E-state index contributed by atoms with van der Waals surface area (Å²) in [5.74, 6) is -0.422. The van der Waals surface area contributed by atoms with Gasteiger partial charge in [-0.15, -0.1) is 0 Å². The quantitative estimate of drug-likeness (QED) is 0.640. The number of hydrogen-bond acceptors (Lipinski definition) is 3. The Balaban J connectivity index is 2.51. The van der Waals surface area contributed by atoms with Crippen molar-refractivity contribution in [2.24, 2.45) is 5.73 Å². The zero-order chi connectivity index (χ0) is 11.7. The molecule has 0 unspecified atom stereocenters. The van der Waals surface area contributed by atoms with Crippen molar-refractivity contribution in [3.05, 3.63) is 28.6 Å². The highest BCUT2D eigenvalue weighted by molar-refractivity contribution is 7.08. The molecule has 0 saturated heterocycles. The van der Waals surface area contributed by atoms with Crippen molar-refractivity contribution < 1.29 is 8.78 Å². The van der Waals surface area contributed by atoms with Crippen LogP contribution in [0.5, 0.6) is 0 Å². The SMILES string of the molecule is N=C(N)c1cc(-c2ccsc2)nn1C(F)F. The molecule has 2 rings (SSSR count). The maximum atomic E-state index is 12.6. The Bertz CT molecular complexity index is 504. The summed E-state index contributed by atoms with van der Waals surface area (Å²) in [7, 11) is 0. The molecule has 0 saturated carbocycles. The number of hydrogen-bond donors (Lipinski definition) is 2. The van der Waals surface area contributed by atoms with Crippen LogP contribution in [-0.4, -0.2) is 15.6 Å². The molecule has 0 fully saturated rings. The molecule has 0 radical (unpaired) electrons. The molecule has 4 nitrogen and oxygen atoms in total. The van der Waals surface area contributed by atoms with E-state index in [-0.39, 0.29) is 5.69 Å². The molecule has 7 heteroatoms. The van der Waals surface area contributed by atoms with Gasteiger partial charge in [0.05, 0.1) is 5.69 Å². The number of alkyl halides is 2. The normalized spacial score (nSPS) is 10.9. The number of amidine groups is 1. The van der Waals surface area contributed by atoms with Gasteiger partial charge in [-0.1, -0.05) is 0 Å². The van der Waals surface area contributed by atoms with Crippen molar-refractivity contribution in [2.75, 3.05) is 0 Å². The van der Waals surface area contributed by atoms with Crippen molar-refractivity contribution in [3.63, 3.8) is 0 Å². The molecule has 0 aliphatic heterocycles. The van der Waals surface area contributed by atoms with Gasteiger partial charge in [-0.05, 0) is 17.5 Å². The fourth-order valence-corrected chi connectivity index (χ4v) is 1.95. The minimum absolute atomic E-state index is 0.0730. The largest absolute Gasteiger partial charge is 0.382 e. The number of thiophene rings is 1. The Labute approximate surface area is 93.8 Å². The third kappa shape index (κ3) is 1.81. The first-order valence-electron chi connectivity index (χ1n) is 4.34. The van der Waals surface area contributed by atoms with Crippen LogP contribution in [0.3, 0.4) is 0 Å². The first kappa shape index (κ1) is 10.7. The lowest BCUT2D eigenvalue weighted by molar-refractivity contribution is 0.0562. The van der Waals surface area contributed by atoms with Crippen LogP contribution in [-0.2, 0) is 0 Å². The summed E-state index contributed by atoms with van der Waals surface area (Å²) in [6.45, 7) is -2.80. The second kappa shape index (κ2) is 4.01. The zero-order valence-corrected chi connectivity index (χ0v) is 8.84. The molecule has 0 spiro atoms. The smallest absolute Gasteiger partial charge is 0.333 e. The van der Waals surface area contributed by atoms with Crippen LogP contribution in [0.1, 0.15) is 12.2 Å². The van der Waals surface area contributed by atoms with Crippen LogP contribution < -0.4 is 5.73 Å². The van der Waals surface area contributed by atoms with E-state index in [4.69, 9.17) is 11.1 Å². The third-order valence-corrected chi connectivity index (χ3v) is 2.70. The number of rotatable bonds is 3. The maximum absolute atomic E-state index is 12.6. The van der Waals surface area contributed by atoms with Crippen molar-refractivity contribution >= 4 is 17.2 Å². The van der Waals surface area contributed by atoms with Crippen molar-refractivity contribution in [1.29, 1.82) is 5.41 Å². The maximum Gasteiger partial charge on any atom is 0.333 e. The van der Waals surface area contributed by atoms with Gasteiger partial charge in [0.2, 0.25) is 0 Å². The van der Waals surface area contributed by atoms with E-state index < -0.39 is 12.4 Å². The Morgan fingerprint density at radius 1 is 1.56 bits per heavy atom. The van der Waals surface area contributed by atoms with Gasteiger partial charge in [0, 0.05) is 10.9 Å². The molecule has 2 heterocycles. The van der Waals surface area contributed by atoms with Crippen LogP contribution in [0, 0.1) is 5.41 Å². The summed E-state index contributed by atoms with van der Waals surface area (Å²) in [5.41, 5.74) is 6.28. The Morgan fingerprint density at radius 2 is 2.31 bits per heavy atom. The highest BCUT2D eigenvalue weighted by Crippen LogP contribution is 2.24. The zero-order valence-electron chi connectivity index (χ0n) is 8.02. The number of nitrogen functional groups attached to an aromatic ring is 1. The highest BCUT2D eigenvalue weighted by atomic mass is 32.1. The standard InChI is InChI=1S/C9H8F2N4S/c10-9(11)15-7(8(12)13)3-6(14-15)5-1-2-16-4-5/h1-4,9H,(H3,12,13). The van der Waals surface area contributed by atoms with Crippen LogP contribution in [0.25, 0.3) is 11.3 Å².